The third-order valence-corrected chi connectivity index (χ3v) is 3.40. The molecule has 3 N–H and O–H groups in total. The Bertz CT molecular complexity index is 759. The van der Waals surface area contributed by atoms with Gasteiger partial charge in [-0.15, -0.1) is 13.2 Å². The Morgan fingerprint density at radius 1 is 1.00 bits per heavy atom. The monoisotopic (exact) mass is 381 g/mol. The third-order valence-electron chi connectivity index (χ3n) is 3.40. The van der Waals surface area contributed by atoms with Gasteiger partial charge in [0, 0.05) is 18.7 Å². The minimum atomic E-state index is -4.91. The van der Waals surface area contributed by atoms with Crippen LogP contribution in [0.1, 0.15) is 10.4 Å². The second-order valence-corrected chi connectivity index (χ2v) is 5.45. The van der Waals surface area contributed by atoms with Crippen molar-refractivity contribution < 1.29 is 27.6 Å². The molecule has 1 fully saturated rings. The number of hydroxylamine groups is 1. The van der Waals surface area contributed by atoms with Crippen LogP contribution in [-0.4, -0.2) is 37.8 Å². The molecule has 0 saturated carbocycles. The summed E-state index contributed by atoms with van der Waals surface area (Å²) in [5.41, 5.74) is 3.02. The average Bonchev–Trinajstić information content (AvgIpc) is 2.67. The highest BCUT2D eigenvalue weighted by Gasteiger charge is 2.31. The number of alkyl halides is 3. The first-order valence-corrected chi connectivity index (χ1v) is 8.03. The largest absolute Gasteiger partial charge is 0.543 e. The van der Waals surface area contributed by atoms with Crippen LogP contribution < -0.4 is 16.1 Å². The fraction of sp³-hybridized carbons (Fsp3) is 0.222. The number of halogens is 3. The summed E-state index contributed by atoms with van der Waals surface area (Å²) in [6.07, 6.45) is -4.91. The summed E-state index contributed by atoms with van der Waals surface area (Å²) < 4.78 is 35.5. The van der Waals surface area contributed by atoms with Crippen molar-refractivity contribution in [3.8, 4) is 11.1 Å². The molecule has 1 saturated heterocycles. The number of benzene rings is 2. The normalized spacial score (nSPS) is 13.8. The van der Waals surface area contributed by atoms with E-state index in [0.717, 1.165) is 24.2 Å². The molecule has 2 aromatic rings. The lowest BCUT2D eigenvalue weighted by Gasteiger charge is -2.11. The predicted octanol–water partition coefficient (Wildman–Crippen LogP) is 2.24. The molecule has 6 nitrogen and oxygen atoms in total. The maximum Gasteiger partial charge on any atom is 0.543 e. The van der Waals surface area contributed by atoms with E-state index in [9.17, 15) is 22.8 Å². The summed E-state index contributed by atoms with van der Waals surface area (Å²) >= 11 is 0. The molecule has 0 aliphatic carbocycles. The quantitative estimate of drug-likeness (QED) is 0.713. The highest BCUT2D eigenvalue weighted by atomic mass is 19.4. The molecular formula is C18H18F3N3O3. The number of carbonyl (C=O) groups excluding carboxylic acids is 2. The lowest BCUT2D eigenvalue weighted by molar-refractivity contribution is -0.343. The van der Waals surface area contributed by atoms with Crippen molar-refractivity contribution in [3.05, 3.63) is 60.2 Å². The van der Waals surface area contributed by atoms with E-state index < -0.39 is 12.3 Å². The van der Waals surface area contributed by atoms with Gasteiger partial charge in [0.2, 0.25) is 5.91 Å². The van der Waals surface area contributed by atoms with Gasteiger partial charge in [-0.05, 0) is 23.3 Å². The molecule has 1 aliphatic heterocycles. The van der Waals surface area contributed by atoms with Gasteiger partial charge in [0.1, 0.15) is 0 Å². The summed E-state index contributed by atoms with van der Waals surface area (Å²) in [6.45, 7) is 2.17. The maximum atomic E-state index is 11.8. The minimum absolute atomic E-state index is 0.0793. The molecule has 27 heavy (non-hydrogen) atoms. The maximum absolute atomic E-state index is 11.8. The average molecular weight is 381 g/mol. The molecule has 0 atom stereocenters. The van der Waals surface area contributed by atoms with E-state index in [4.69, 9.17) is 0 Å². The van der Waals surface area contributed by atoms with Crippen molar-refractivity contribution in [2.45, 2.75) is 6.36 Å². The topological polar surface area (TPSA) is 79.5 Å². The number of hydrogen-bond donors (Lipinski definition) is 3. The van der Waals surface area contributed by atoms with Crippen LogP contribution in [0.5, 0.6) is 0 Å². The smallest absolute Gasteiger partial charge is 0.354 e. The van der Waals surface area contributed by atoms with Crippen molar-refractivity contribution in [1.82, 2.24) is 16.1 Å². The molecule has 1 aliphatic rings. The summed E-state index contributed by atoms with van der Waals surface area (Å²) in [7, 11) is 0. The van der Waals surface area contributed by atoms with E-state index in [-0.39, 0.29) is 11.5 Å². The van der Waals surface area contributed by atoms with Gasteiger partial charge in [-0.2, -0.15) is 4.84 Å². The first-order valence-electron chi connectivity index (χ1n) is 8.03. The molecule has 2 aromatic carbocycles. The van der Waals surface area contributed by atoms with Gasteiger partial charge in [-0.3, -0.25) is 9.59 Å². The van der Waals surface area contributed by atoms with Crippen molar-refractivity contribution >= 4 is 11.8 Å². The Kier molecular flexibility index (Phi) is 7.33. The van der Waals surface area contributed by atoms with E-state index in [1.165, 1.54) is 17.6 Å². The second kappa shape index (κ2) is 9.70. The predicted molar refractivity (Wildman–Crippen MR) is 92.4 cm³/mol. The molecule has 3 rings (SSSR count). The number of nitrogens with one attached hydrogen (secondary N) is 3. The lowest BCUT2D eigenvalue weighted by Crippen LogP contribution is -2.44. The molecule has 9 heteroatoms. The van der Waals surface area contributed by atoms with Crippen LogP contribution in [0, 0.1) is 0 Å². The zero-order chi connectivity index (χ0) is 19.7. The van der Waals surface area contributed by atoms with Crippen LogP contribution in [0.3, 0.4) is 0 Å². The Hall–Kier alpha value is -2.91. The molecule has 0 bridgehead atoms. The SMILES string of the molecule is O=C(NOC(F)(F)F)c1cccc(-c2ccccc2)c1.O=C1CNCCN1. The van der Waals surface area contributed by atoms with Crippen molar-refractivity contribution in [1.29, 1.82) is 0 Å². The molecule has 0 unspecified atom stereocenters. The van der Waals surface area contributed by atoms with E-state index in [0.29, 0.717) is 6.54 Å². The number of rotatable bonds is 3. The zero-order valence-corrected chi connectivity index (χ0v) is 14.2. The molecule has 0 radical (unpaired) electrons. The van der Waals surface area contributed by atoms with Gasteiger partial charge in [-0.1, -0.05) is 42.5 Å². The van der Waals surface area contributed by atoms with Crippen molar-refractivity contribution in [2.24, 2.45) is 0 Å². The zero-order valence-electron chi connectivity index (χ0n) is 14.2. The van der Waals surface area contributed by atoms with E-state index >= 15 is 0 Å². The highest BCUT2D eigenvalue weighted by Crippen LogP contribution is 2.20. The summed E-state index contributed by atoms with van der Waals surface area (Å²) in [5.74, 6) is -0.855. The molecule has 0 aromatic heterocycles. The minimum Gasteiger partial charge on any atom is -0.354 e. The first kappa shape index (κ1) is 20.4. The van der Waals surface area contributed by atoms with Crippen LogP contribution in [0.4, 0.5) is 13.2 Å². The summed E-state index contributed by atoms with van der Waals surface area (Å²) in [6, 6.07) is 15.4. The fourth-order valence-electron chi connectivity index (χ4n) is 2.19. The Morgan fingerprint density at radius 2 is 1.70 bits per heavy atom. The summed E-state index contributed by atoms with van der Waals surface area (Å²) in [4.78, 5) is 25.1. The van der Waals surface area contributed by atoms with Gasteiger partial charge in [0.25, 0.3) is 5.91 Å². The fourth-order valence-corrected chi connectivity index (χ4v) is 2.19. The van der Waals surface area contributed by atoms with E-state index in [1.54, 1.807) is 12.1 Å². The Balaban J connectivity index is 0.000000313. The van der Waals surface area contributed by atoms with Gasteiger partial charge in [0.05, 0.1) is 6.54 Å². The summed E-state index contributed by atoms with van der Waals surface area (Å²) in [5, 5.41) is 5.60. The van der Waals surface area contributed by atoms with Crippen LogP contribution in [0.15, 0.2) is 54.6 Å². The molecule has 1 heterocycles. The standard InChI is InChI=1S/C14H10F3NO2.C4H8N2O/c15-14(16,17)20-18-13(19)12-8-4-7-11(9-12)10-5-2-1-3-6-10;7-4-3-5-1-2-6-4/h1-9H,(H,18,19);5H,1-3H2,(H,6,7). The van der Waals surface area contributed by atoms with Gasteiger partial charge >= 0.3 is 6.36 Å². The van der Waals surface area contributed by atoms with Gasteiger partial charge < -0.3 is 10.6 Å². The lowest BCUT2D eigenvalue weighted by atomic mass is 10.0. The van der Waals surface area contributed by atoms with Crippen LogP contribution in [0.25, 0.3) is 11.1 Å². The number of amides is 2. The van der Waals surface area contributed by atoms with Crippen LogP contribution >= 0.6 is 0 Å². The molecule has 0 spiro atoms. The van der Waals surface area contributed by atoms with Crippen molar-refractivity contribution in [2.75, 3.05) is 19.6 Å². The number of carbonyl (C=O) groups is 2. The molecular weight excluding hydrogens is 363 g/mol. The van der Waals surface area contributed by atoms with Gasteiger partial charge in [-0.25, -0.2) is 5.48 Å². The highest BCUT2D eigenvalue weighted by molar-refractivity contribution is 5.94. The molecule has 144 valence electrons. The number of piperazine rings is 1. The number of hydrogen-bond acceptors (Lipinski definition) is 4. The van der Waals surface area contributed by atoms with Gasteiger partial charge in [0.15, 0.2) is 0 Å². The van der Waals surface area contributed by atoms with Crippen molar-refractivity contribution in [3.63, 3.8) is 0 Å². The van der Waals surface area contributed by atoms with Crippen LogP contribution in [0.2, 0.25) is 0 Å². The Labute approximate surface area is 153 Å². The molecule has 2 amide bonds. The first-order chi connectivity index (χ1) is 12.8. The Morgan fingerprint density at radius 3 is 2.26 bits per heavy atom. The van der Waals surface area contributed by atoms with Crippen LogP contribution in [-0.2, 0) is 9.63 Å². The third kappa shape index (κ3) is 7.47. The second-order valence-electron chi connectivity index (χ2n) is 5.45. The van der Waals surface area contributed by atoms with E-state index in [2.05, 4.69) is 15.5 Å². The van der Waals surface area contributed by atoms with E-state index in [1.807, 2.05) is 30.3 Å².